The van der Waals surface area contributed by atoms with Crippen molar-refractivity contribution in [2.24, 2.45) is 0 Å². The van der Waals surface area contributed by atoms with E-state index in [-0.39, 0.29) is 31.1 Å². The summed E-state index contributed by atoms with van der Waals surface area (Å²) in [5, 5.41) is 0. The fraction of sp³-hybridized carbons (Fsp3) is 0.746. The Bertz CT molecular complexity index is 1230. The molecule has 1 atom stereocenters. The summed E-state index contributed by atoms with van der Waals surface area (Å²) < 4.78 is 16.7. The van der Waals surface area contributed by atoms with Crippen LogP contribution >= 0.6 is 0 Å². The Labute approximate surface area is 402 Å². The summed E-state index contributed by atoms with van der Waals surface area (Å²) in [6.45, 7) is 6.39. The van der Waals surface area contributed by atoms with Crippen LogP contribution in [0.3, 0.4) is 0 Å². The minimum absolute atomic E-state index is 0.0806. The highest BCUT2D eigenvalue weighted by Gasteiger charge is 2.19. The summed E-state index contributed by atoms with van der Waals surface area (Å²) in [4.78, 5) is 37.9. The van der Waals surface area contributed by atoms with Gasteiger partial charge >= 0.3 is 17.9 Å². The number of hydrogen-bond donors (Lipinski definition) is 0. The van der Waals surface area contributed by atoms with Crippen LogP contribution in [0.15, 0.2) is 72.9 Å². The average Bonchev–Trinajstić information content (AvgIpc) is 3.30. The van der Waals surface area contributed by atoms with Gasteiger partial charge in [0.2, 0.25) is 0 Å². The van der Waals surface area contributed by atoms with Crippen LogP contribution in [-0.2, 0) is 28.6 Å². The molecule has 0 aliphatic carbocycles. The van der Waals surface area contributed by atoms with Crippen molar-refractivity contribution >= 4 is 17.9 Å². The molecule has 0 N–H and O–H groups in total. The minimum atomic E-state index is -0.780. The SMILES string of the molecule is CC/C=C\C/C=C\C/C=C\C/C=C\CCCCCCCCCCCCCCCCC(=O)OCC(COC(=O)CCCCCCC/C=C\CCC)OC(=O)CCCCCCC/C=C\CCC. The van der Waals surface area contributed by atoms with Crippen molar-refractivity contribution in [1.82, 2.24) is 0 Å². The van der Waals surface area contributed by atoms with Crippen LogP contribution in [0.1, 0.15) is 265 Å². The first-order valence-electron chi connectivity index (χ1n) is 27.4. The van der Waals surface area contributed by atoms with Gasteiger partial charge in [0.25, 0.3) is 0 Å². The zero-order valence-electron chi connectivity index (χ0n) is 42.7. The molecule has 65 heavy (non-hydrogen) atoms. The summed E-state index contributed by atoms with van der Waals surface area (Å²) >= 11 is 0. The molecule has 0 aromatic carbocycles. The molecule has 0 rings (SSSR count). The van der Waals surface area contributed by atoms with E-state index in [0.717, 1.165) is 116 Å². The molecule has 0 bridgehead atoms. The molecule has 0 saturated heterocycles. The summed E-state index contributed by atoms with van der Waals surface area (Å²) in [5.74, 6) is -0.901. The van der Waals surface area contributed by atoms with E-state index in [4.69, 9.17) is 14.2 Å². The van der Waals surface area contributed by atoms with Crippen molar-refractivity contribution < 1.29 is 28.6 Å². The Balaban J connectivity index is 4.12. The van der Waals surface area contributed by atoms with Crippen molar-refractivity contribution in [3.8, 4) is 0 Å². The second-order valence-electron chi connectivity index (χ2n) is 18.1. The normalized spacial score (nSPS) is 12.6. The highest BCUT2D eigenvalue weighted by Crippen LogP contribution is 2.15. The number of allylic oxidation sites excluding steroid dienone is 12. The molecule has 0 radical (unpaired) electrons. The third-order valence-corrected chi connectivity index (χ3v) is 11.6. The molecule has 1 unspecified atom stereocenters. The number of unbranched alkanes of at least 4 members (excludes halogenated alkanes) is 26. The van der Waals surface area contributed by atoms with E-state index in [1.54, 1.807) is 0 Å². The Hall–Kier alpha value is -3.15. The van der Waals surface area contributed by atoms with Crippen LogP contribution in [0.2, 0.25) is 0 Å². The van der Waals surface area contributed by atoms with Gasteiger partial charge in [-0.15, -0.1) is 0 Å². The first kappa shape index (κ1) is 61.9. The van der Waals surface area contributed by atoms with Crippen molar-refractivity contribution in [2.45, 2.75) is 271 Å². The Kier molecular flexibility index (Phi) is 50.9. The quantitative estimate of drug-likeness (QED) is 0.0262. The number of rotatable bonds is 49. The minimum Gasteiger partial charge on any atom is -0.462 e. The van der Waals surface area contributed by atoms with Crippen LogP contribution in [0, 0.1) is 0 Å². The maximum absolute atomic E-state index is 12.7. The van der Waals surface area contributed by atoms with E-state index in [1.807, 2.05) is 0 Å². The lowest BCUT2D eigenvalue weighted by Gasteiger charge is -2.18. The monoisotopic (exact) mass is 907 g/mol. The van der Waals surface area contributed by atoms with Gasteiger partial charge in [-0.05, 0) is 96.3 Å². The molecule has 6 heteroatoms. The molecule has 0 aliphatic rings. The highest BCUT2D eigenvalue weighted by atomic mass is 16.6. The summed E-state index contributed by atoms with van der Waals surface area (Å²) in [6, 6.07) is 0. The number of carbonyl (C=O) groups is 3. The molecule has 0 spiro atoms. The van der Waals surface area contributed by atoms with Gasteiger partial charge in [-0.1, -0.05) is 222 Å². The molecule has 0 fully saturated rings. The Morgan fingerprint density at radius 3 is 0.954 bits per heavy atom. The number of carbonyl (C=O) groups excluding carboxylic acids is 3. The molecule has 0 aromatic rings. The van der Waals surface area contributed by atoms with E-state index >= 15 is 0 Å². The molecular weight excluding hydrogens is 805 g/mol. The molecule has 0 amide bonds. The summed E-state index contributed by atoms with van der Waals surface area (Å²) in [7, 11) is 0. The van der Waals surface area contributed by atoms with E-state index < -0.39 is 6.10 Å². The zero-order valence-corrected chi connectivity index (χ0v) is 42.7. The first-order valence-corrected chi connectivity index (χ1v) is 27.4. The third kappa shape index (κ3) is 51.7. The molecule has 0 heterocycles. The standard InChI is InChI=1S/C59H102O6/c1-4-7-10-13-16-19-22-23-24-25-26-27-28-29-30-31-32-33-34-35-36-37-38-41-43-46-49-52-58(61)64-55-56(65-59(62)53-50-47-44-40-21-18-15-12-9-6-3)54-63-57(60)51-48-45-42-39-20-17-14-11-8-5-2/h7,10-12,14-16,19,23-24,26-27,56H,4-6,8-9,13,17-18,20-22,25,28-55H2,1-3H3/b10-7-,14-11-,15-12-,19-16-,24-23-,27-26-. The van der Waals surface area contributed by atoms with Gasteiger partial charge in [-0.25, -0.2) is 0 Å². The lowest BCUT2D eigenvalue weighted by molar-refractivity contribution is -0.167. The third-order valence-electron chi connectivity index (χ3n) is 11.6. The largest absolute Gasteiger partial charge is 0.462 e. The maximum atomic E-state index is 12.7. The second kappa shape index (κ2) is 53.5. The predicted molar refractivity (Wildman–Crippen MR) is 279 cm³/mol. The first-order chi connectivity index (χ1) is 32.0. The molecule has 0 saturated carbocycles. The van der Waals surface area contributed by atoms with E-state index in [9.17, 15) is 14.4 Å². The van der Waals surface area contributed by atoms with Gasteiger partial charge < -0.3 is 14.2 Å². The van der Waals surface area contributed by atoms with Gasteiger partial charge in [0.05, 0.1) is 0 Å². The zero-order chi connectivity index (χ0) is 47.2. The van der Waals surface area contributed by atoms with E-state index in [0.29, 0.717) is 19.3 Å². The molecule has 0 aliphatic heterocycles. The average molecular weight is 907 g/mol. The van der Waals surface area contributed by atoms with Crippen molar-refractivity contribution in [3.05, 3.63) is 72.9 Å². The fourth-order valence-corrected chi connectivity index (χ4v) is 7.56. The lowest BCUT2D eigenvalue weighted by atomic mass is 10.0. The van der Waals surface area contributed by atoms with Crippen LogP contribution in [0.5, 0.6) is 0 Å². The smallest absolute Gasteiger partial charge is 0.306 e. The molecule has 6 nitrogen and oxygen atoms in total. The van der Waals surface area contributed by atoms with Crippen molar-refractivity contribution in [1.29, 1.82) is 0 Å². The molecule has 0 aromatic heterocycles. The van der Waals surface area contributed by atoms with Gasteiger partial charge in [0.1, 0.15) is 13.2 Å². The topological polar surface area (TPSA) is 78.9 Å². The van der Waals surface area contributed by atoms with Crippen molar-refractivity contribution in [2.75, 3.05) is 13.2 Å². The van der Waals surface area contributed by atoms with Crippen LogP contribution in [0.4, 0.5) is 0 Å². The molecule has 374 valence electrons. The van der Waals surface area contributed by atoms with E-state index in [1.165, 1.54) is 109 Å². The van der Waals surface area contributed by atoms with E-state index in [2.05, 4.69) is 93.7 Å². The van der Waals surface area contributed by atoms with Gasteiger partial charge in [-0.2, -0.15) is 0 Å². The lowest BCUT2D eigenvalue weighted by Crippen LogP contribution is -2.30. The fourth-order valence-electron chi connectivity index (χ4n) is 7.56. The van der Waals surface area contributed by atoms with Crippen LogP contribution < -0.4 is 0 Å². The number of ether oxygens (including phenoxy) is 3. The number of esters is 3. The predicted octanol–water partition coefficient (Wildman–Crippen LogP) is 18.2. The second-order valence-corrected chi connectivity index (χ2v) is 18.1. The van der Waals surface area contributed by atoms with Gasteiger partial charge in [-0.3, -0.25) is 14.4 Å². The Morgan fingerprint density at radius 2 is 0.600 bits per heavy atom. The maximum Gasteiger partial charge on any atom is 0.306 e. The number of hydrogen-bond acceptors (Lipinski definition) is 6. The summed E-state index contributed by atoms with van der Waals surface area (Å²) in [5.41, 5.74) is 0. The Morgan fingerprint density at radius 1 is 0.323 bits per heavy atom. The molecular formula is C59H102O6. The highest BCUT2D eigenvalue weighted by molar-refractivity contribution is 5.71. The van der Waals surface area contributed by atoms with Crippen LogP contribution in [0.25, 0.3) is 0 Å². The van der Waals surface area contributed by atoms with Gasteiger partial charge in [0, 0.05) is 19.3 Å². The summed E-state index contributed by atoms with van der Waals surface area (Å²) in [6.07, 6.45) is 67.7. The van der Waals surface area contributed by atoms with Crippen molar-refractivity contribution in [3.63, 3.8) is 0 Å². The van der Waals surface area contributed by atoms with Gasteiger partial charge in [0.15, 0.2) is 6.10 Å². The van der Waals surface area contributed by atoms with Crippen LogP contribution in [-0.4, -0.2) is 37.2 Å².